The van der Waals surface area contributed by atoms with Gasteiger partial charge in [-0.05, 0) is 12.8 Å². The van der Waals surface area contributed by atoms with Crippen molar-refractivity contribution in [2.45, 2.75) is 77.7 Å². The van der Waals surface area contributed by atoms with E-state index in [4.69, 9.17) is 4.74 Å². The van der Waals surface area contributed by atoms with Crippen LogP contribution in [0.3, 0.4) is 0 Å². The van der Waals surface area contributed by atoms with E-state index < -0.39 is 0 Å². The maximum absolute atomic E-state index is 9.25. The largest absolute Gasteiger partial charge is 0.396 e. The van der Waals surface area contributed by atoms with Gasteiger partial charge in [0, 0.05) is 19.6 Å². The van der Waals surface area contributed by atoms with Gasteiger partial charge in [0.25, 0.3) is 0 Å². The normalized spacial score (nSPS) is 14.8. The van der Waals surface area contributed by atoms with E-state index in [0.29, 0.717) is 5.92 Å². The molecule has 0 unspecified atom stereocenters. The third-order valence-corrected chi connectivity index (χ3v) is 3.68. The summed E-state index contributed by atoms with van der Waals surface area (Å²) < 4.78 is 5.48. The molecule has 0 spiro atoms. The van der Waals surface area contributed by atoms with Crippen LogP contribution in [0, 0.1) is 5.92 Å². The minimum Gasteiger partial charge on any atom is -0.396 e. The smallest absolute Gasteiger partial charge is 0.0621 e. The Morgan fingerprint density at radius 1 is 0.941 bits per heavy atom. The number of hydrogen-bond acceptors (Lipinski definition) is 2. The van der Waals surface area contributed by atoms with Crippen LogP contribution in [0.15, 0.2) is 0 Å². The average molecular weight is 244 g/mol. The first-order chi connectivity index (χ1) is 8.29. The zero-order valence-corrected chi connectivity index (χ0v) is 12.1. The molecule has 0 amide bonds. The van der Waals surface area contributed by atoms with Gasteiger partial charge in [0.15, 0.2) is 0 Å². The van der Waals surface area contributed by atoms with Crippen LogP contribution in [0.5, 0.6) is 0 Å². The van der Waals surface area contributed by atoms with E-state index in [9.17, 15) is 5.11 Å². The Morgan fingerprint density at radius 2 is 1.53 bits per heavy atom. The van der Waals surface area contributed by atoms with Gasteiger partial charge in [-0.1, -0.05) is 58.8 Å². The highest BCUT2D eigenvalue weighted by atomic mass is 16.5. The first-order valence-electron chi connectivity index (χ1n) is 7.43. The second kappa shape index (κ2) is 12.4. The Kier molecular flexibility index (Phi) is 12.3. The molecule has 0 aliphatic heterocycles. The molecule has 0 heterocycles. The van der Waals surface area contributed by atoms with Gasteiger partial charge < -0.3 is 9.84 Å². The molecular formula is C15H32O2. The average Bonchev–Trinajstić information content (AvgIpc) is 2.36. The summed E-state index contributed by atoms with van der Waals surface area (Å²) in [6.45, 7) is 4.63. The summed E-state index contributed by atoms with van der Waals surface area (Å²) in [5.41, 5.74) is 0. The molecule has 0 aromatic rings. The quantitative estimate of drug-likeness (QED) is 0.522. The standard InChI is InChI=1S/C15H32O2/c1-4-6-7-8-9-10-11-12-15(17-3)14(5-2)13-16/h14-16H,4-13H2,1-3H3/t14-,15+/m0/s1. The summed E-state index contributed by atoms with van der Waals surface area (Å²) in [5, 5.41) is 9.25. The summed E-state index contributed by atoms with van der Waals surface area (Å²) in [6, 6.07) is 0. The van der Waals surface area contributed by atoms with Crippen molar-refractivity contribution < 1.29 is 9.84 Å². The summed E-state index contributed by atoms with van der Waals surface area (Å²) in [5.74, 6) is 0.320. The van der Waals surface area contributed by atoms with Crippen molar-refractivity contribution >= 4 is 0 Å². The van der Waals surface area contributed by atoms with Crippen LogP contribution in [0.4, 0.5) is 0 Å². The zero-order chi connectivity index (χ0) is 12.9. The van der Waals surface area contributed by atoms with Crippen molar-refractivity contribution in [3.8, 4) is 0 Å². The number of ether oxygens (including phenoxy) is 1. The maximum atomic E-state index is 9.25. The predicted molar refractivity (Wildman–Crippen MR) is 74.3 cm³/mol. The topological polar surface area (TPSA) is 29.5 Å². The van der Waals surface area contributed by atoms with Crippen molar-refractivity contribution in [3.05, 3.63) is 0 Å². The molecule has 0 aromatic carbocycles. The second-order valence-corrected chi connectivity index (χ2v) is 5.04. The maximum Gasteiger partial charge on any atom is 0.0621 e. The molecule has 2 heteroatoms. The minimum atomic E-state index is 0.251. The van der Waals surface area contributed by atoms with Gasteiger partial charge in [-0.2, -0.15) is 0 Å². The summed E-state index contributed by atoms with van der Waals surface area (Å²) in [7, 11) is 1.77. The van der Waals surface area contributed by atoms with Crippen molar-refractivity contribution in [1.29, 1.82) is 0 Å². The predicted octanol–water partition coefficient (Wildman–Crippen LogP) is 4.16. The van der Waals surface area contributed by atoms with Gasteiger partial charge in [0.2, 0.25) is 0 Å². The molecule has 17 heavy (non-hydrogen) atoms. The summed E-state index contributed by atoms with van der Waals surface area (Å²) in [6.07, 6.45) is 11.7. The fraction of sp³-hybridized carbons (Fsp3) is 1.00. The molecule has 0 aliphatic carbocycles. The first kappa shape index (κ1) is 16.9. The molecule has 0 rings (SSSR count). The molecule has 0 saturated heterocycles. The number of aliphatic hydroxyl groups is 1. The van der Waals surface area contributed by atoms with Crippen LogP contribution in [0.25, 0.3) is 0 Å². The van der Waals surface area contributed by atoms with E-state index in [1.54, 1.807) is 7.11 Å². The third kappa shape index (κ3) is 8.62. The molecule has 0 saturated carbocycles. The first-order valence-corrected chi connectivity index (χ1v) is 7.43. The zero-order valence-electron chi connectivity index (χ0n) is 12.1. The number of aliphatic hydroxyl groups excluding tert-OH is 1. The van der Waals surface area contributed by atoms with Crippen molar-refractivity contribution in [2.75, 3.05) is 13.7 Å². The van der Waals surface area contributed by atoms with Gasteiger partial charge in [-0.15, -0.1) is 0 Å². The molecule has 0 radical (unpaired) electrons. The Morgan fingerprint density at radius 3 is 2.00 bits per heavy atom. The lowest BCUT2D eigenvalue weighted by Gasteiger charge is -2.23. The molecule has 0 aromatic heterocycles. The Bertz CT molecular complexity index is 144. The van der Waals surface area contributed by atoms with Crippen LogP contribution < -0.4 is 0 Å². The number of rotatable bonds is 12. The second-order valence-electron chi connectivity index (χ2n) is 5.04. The highest BCUT2D eigenvalue weighted by Crippen LogP contribution is 2.18. The fourth-order valence-electron chi connectivity index (χ4n) is 2.36. The third-order valence-electron chi connectivity index (χ3n) is 3.68. The lowest BCUT2D eigenvalue weighted by Crippen LogP contribution is -2.25. The molecular weight excluding hydrogens is 212 g/mol. The van der Waals surface area contributed by atoms with Crippen LogP contribution in [-0.2, 0) is 4.74 Å². The van der Waals surface area contributed by atoms with Crippen LogP contribution in [-0.4, -0.2) is 24.9 Å². The highest BCUT2D eigenvalue weighted by Gasteiger charge is 2.17. The SMILES string of the molecule is CCCCCCCCC[C@@H](OC)[C@@H](CC)CO. The highest BCUT2D eigenvalue weighted by molar-refractivity contribution is 4.68. The van der Waals surface area contributed by atoms with E-state index >= 15 is 0 Å². The van der Waals surface area contributed by atoms with Crippen molar-refractivity contribution in [3.63, 3.8) is 0 Å². The van der Waals surface area contributed by atoms with E-state index in [2.05, 4.69) is 13.8 Å². The lowest BCUT2D eigenvalue weighted by atomic mass is 9.95. The molecule has 0 bridgehead atoms. The number of methoxy groups -OCH3 is 1. The van der Waals surface area contributed by atoms with Gasteiger partial charge in [-0.3, -0.25) is 0 Å². The van der Waals surface area contributed by atoms with Gasteiger partial charge in [0.1, 0.15) is 0 Å². The Hall–Kier alpha value is -0.0800. The van der Waals surface area contributed by atoms with Gasteiger partial charge in [-0.25, -0.2) is 0 Å². The molecule has 0 aliphatic rings. The molecule has 2 nitrogen and oxygen atoms in total. The van der Waals surface area contributed by atoms with Crippen LogP contribution >= 0.6 is 0 Å². The van der Waals surface area contributed by atoms with Gasteiger partial charge >= 0.3 is 0 Å². The van der Waals surface area contributed by atoms with E-state index in [0.717, 1.165) is 12.8 Å². The summed E-state index contributed by atoms with van der Waals surface area (Å²) in [4.78, 5) is 0. The van der Waals surface area contributed by atoms with Crippen LogP contribution in [0.2, 0.25) is 0 Å². The number of unbranched alkanes of at least 4 members (excludes halogenated alkanes) is 6. The van der Waals surface area contributed by atoms with E-state index in [1.165, 1.54) is 44.9 Å². The molecule has 104 valence electrons. The monoisotopic (exact) mass is 244 g/mol. The van der Waals surface area contributed by atoms with Crippen molar-refractivity contribution in [2.24, 2.45) is 5.92 Å². The fourth-order valence-corrected chi connectivity index (χ4v) is 2.36. The van der Waals surface area contributed by atoms with E-state index in [-0.39, 0.29) is 12.7 Å². The number of hydrogen-bond donors (Lipinski definition) is 1. The Labute approximate surface area is 108 Å². The minimum absolute atomic E-state index is 0.251. The lowest BCUT2D eigenvalue weighted by molar-refractivity contribution is 0.0174. The van der Waals surface area contributed by atoms with Gasteiger partial charge in [0.05, 0.1) is 6.10 Å². The molecule has 1 N–H and O–H groups in total. The Balaban J connectivity index is 3.49. The van der Waals surface area contributed by atoms with Crippen molar-refractivity contribution in [1.82, 2.24) is 0 Å². The van der Waals surface area contributed by atoms with E-state index in [1.807, 2.05) is 0 Å². The van der Waals surface area contributed by atoms with Crippen LogP contribution in [0.1, 0.15) is 71.6 Å². The molecule has 0 fully saturated rings. The summed E-state index contributed by atoms with van der Waals surface area (Å²) >= 11 is 0. The molecule has 2 atom stereocenters.